The molecular weight excluding hydrogens is 409 g/mol. The van der Waals surface area contributed by atoms with Gasteiger partial charge in [-0.2, -0.15) is 0 Å². The van der Waals surface area contributed by atoms with Crippen LogP contribution in [-0.2, 0) is 11.3 Å². The first-order valence-corrected chi connectivity index (χ1v) is 11.7. The summed E-state index contributed by atoms with van der Waals surface area (Å²) in [4.78, 5) is 2.31. The number of benzene rings is 1. The Labute approximate surface area is 187 Å². The SMILES string of the molecule is Fc1ccc(C(c2nnnn2C2CCCCC2)N(Cc2ccco2)CC2CCCO2)cc1. The second-order valence-corrected chi connectivity index (χ2v) is 8.87. The first-order valence-electron chi connectivity index (χ1n) is 11.7. The molecule has 2 unspecified atom stereocenters. The molecule has 2 aliphatic rings. The van der Waals surface area contributed by atoms with Gasteiger partial charge < -0.3 is 9.15 Å². The van der Waals surface area contributed by atoms with E-state index in [1.165, 1.54) is 31.4 Å². The highest BCUT2D eigenvalue weighted by Gasteiger charge is 2.33. The van der Waals surface area contributed by atoms with Crippen LogP contribution in [0.5, 0.6) is 0 Å². The van der Waals surface area contributed by atoms with Gasteiger partial charge in [0.05, 0.1) is 31.0 Å². The molecule has 8 heteroatoms. The van der Waals surface area contributed by atoms with Crippen molar-refractivity contribution in [3.8, 4) is 0 Å². The zero-order chi connectivity index (χ0) is 21.8. The van der Waals surface area contributed by atoms with E-state index in [1.54, 1.807) is 6.26 Å². The molecule has 2 atom stereocenters. The molecule has 0 N–H and O–H groups in total. The number of rotatable bonds is 8. The third kappa shape index (κ3) is 4.76. The highest BCUT2D eigenvalue weighted by atomic mass is 19.1. The molecular formula is C24H30FN5O2. The average molecular weight is 440 g/mol. The van der Waals surface area contributed by atoms with E-state index in [0.717, 1.165) is 56.0 Å². The lowest BCUT2D eigenvalue weighted by molar-refractivity contribution is 0.0541. The predicted molar refractivity (Wildman–Crippen MR) is 116 cm³/mol. The zero-order valence-corrected chi connectivity index (χ0v) is 18.3. The molecule has 0 spiro atoms. The molecule has 7 nitrogen and oxygen atoms in total. The lowest BCUT2D eigenvalue weighted by Gasteiger charge is -2.33. The van der Waals surface area contributed by atoms with E-state index >= 15 is 0 Å². The first-order chi connectivity index (χ1) is 15.8. The van der Waals surface area contributed by atoms with Gasteiger partial charge in [-0.1, -0.05) is 31.4 Å². The predicted octanol–water partition coefficient (Wildman–Crippen LogP) is 4.68. The molecule has 2 aromatic heterocycles. The normalized spacial score (nSPS) is 20.8. The Morgan fingerprint density at radius 2 is 1.91 bits per heavy atom. The fourth-order valence-electron chi connectivity index (χ4n) is 5.05. The van der Waals surface area contributed by atoms with Crippen LogP contribution in [-0.4, -0.2) is 44.4 Å². The number of ether oxygens (including phenoxy) is 1. The smallest absolute Gasteiger partial charge is 0.173 e. The van der Waals surface area contributed by atoms with Gasteiger partial charge >= 0.3 is 0 Å². The van der Waals surface area contributed by atoms with E-state index in [9.17, 15) is 4.39 Å². The van der Waals surface area contributed by atoms with Crippen LogP contribution in [0.4, 0.5) is 4.39 Å². The van der Waals surface area contributed by atoms with Gasteiger partial charge in [-0.25, -0.2) is 9.07 Å². The van der Waals surface area contributed by atoms with Crippen molar-refractivity contribution in [3.63, 3.8) is 0 Å². The van der Waals surface area contributed by atoms with Crippen molar-refractivity contribution in [3.05, 3.63) is 65.6 Å². The molecule has 1 aliphatic carbocycles. The van der Waals surface area contributed by atoms with Gasteiger partial charge in [-0.05, 0) is 65.9 Å². The van der Waals surface area contributed by atoms with Gasteiger partial charge in [-0.15, -0.1) is 5.10 Å². The molecule has 1 aromatic carbocycles. The Morgan fingerprint density at radius 3 is 2.62 bits per heavy atom. The van der Waals surface area contributed by atoms with Gasteiger partial charge in [0.2, 0.25) is 0 Å². The van der Waals surface area contributed by atoms with Crippen LogP contribution in [0.25, 0.3) is 0 Å². The largest absolute Gasteiger partial charge is 0.468 e. The molecule has 0 bridgehead atoms. The number of furan rings is 1. The van der Waals surface area contributed by atoms with Crippen molar-refractivity contribution in [1.29, 1.82) is 0 Å². The Bertz CT molecular complexity index is 963. The van der Waals surface area contributed by atoms with E-state index < -0.39 is 0 Å². The van der Waals surface area contributed by atoms with Crippen molar-refractivity contribution < 1.29 is 13.5 Å². The molecule has 1 saturated heterocycles. The molecule has 2 fully saturated rings. The molecule has 170 valence electrons. The average Bonchev–Trinajstić information content (AvgIpc) is 3.59. The molecule has 0 amide bonds. The molecule has 1 saturated carbocycles. The minimum absolute atomic E-state index is 0.145. The van der Waals surface area contributed by atoms with Gasteiger partial charge in [0.1, 0.15) is 11.6 Å². The van der Waals surface area contributed by atoms with Crippen LogP contribution in [0.3, 0.4) is 0 Å². The van der Waals surface area contributed by atoms with Crippen molar-refractivity contribution >= 4 is 0 Å². The van der Waals surface area contributed by atoms with Crippen LogP contribution in [0.2, 0.25) is 0 Å². The lowest BCUT2D eigenvalue weighted by Crippen LogP contribution is -2.37. The number of hydrogen-bond acceptors (Lipinski definition) is 6. The fraction of sp³-hybridized carbons (Fsp3) is 0.542. The minimum atomic E-state index is -0.254. The first kappa shape index (κ1) is 21.3. The van der Waals surface area contributed by atoms with Gasteiger partial charge in [0, 0.05) is 13.2 Å². The Hall–Kier alpha value is -2.58. The van der Waals surface area contributed by atoms with Crippen molar-refractivity contribution in [2.45, 2.75) is 69.7 Å². The molecule has 3 heterocycles. The van der Waals surface area contributed by atoms with Crippen molar-refractivity contribution in [2.24, 2.45) is 0 Å². The number of aromatic nitrogens is 4. The van der Waals surface area contributed by atoms with Crippen LogP contribution >= 0.6 is 0 Å². The topological polar surface area (TPSA) is 69.2 Å². The van der Waals surface area contributed by atoms with Crippen LogP contribution in [0, 0.1) is 5.82 Å². The summed E-state index contributed by atoms with van der Waals surface area (Å²) in [6, 6.07) is 10.6. The summed E-state index contributed by atoms with van der Waals surface area (Å²) >= 11 is 0. The highest BCUT2D eigenvalue weighted by Crippen LogP contribution is 2.35. The Kier molecular flexibility index (Phi) is 6.59. The summed E-state index contributed by atoms with van der Waals surface area (Å²) in [5, 5.41) is 13.0. The van der Waals surface area contributed by atoms with Crippen LogP contribution < -0.4 is 0 Å². The lowest BCUT2D eigenvalue weighted by atomic mass is 9.95. The second kappa shape index (κ2) is 9.92. The maximum Gasteiger partial charge on any atom is 0.173 e. The minimum Gasteiger partial charge on any atom is -0.468 e. The molecule has 3 aromatic rings. The van der Waals surface area contributed by atoms with Gasteiger partial charge in [0.15, 0.2) is 5.82 Å². The zero-order valence-electron chi connectivity index (χ0n) is 18.3. The molecule has 0 radical (unpaired) electrons. The molecule has 1 aliphatic heterocycles. The number of halogens is 1. The van der Waals surface area contributed by atoms with Gasteiger partial charge in [-0.3, -0.25) is 4.90 Å². The second-order valence-electron chi connectivity index (χ2n) is 8.87. The maximum atomic E-state index is 13.8. The number of hydrogen-bond donors (Lipinski definition) is 0. The maximum absolute atomic E-state index is 13.8. The van der Waals surface area contributed by atoms with E-state index in [-0.39, 0.29) is 18.0 Å². The fourth-order valence-corrected chi connectivity index (χ4v) is 5.05. The van der Waals surface area contributed by atoms with E-state index in [2.05, 4.69) is 20.4 Å². The third-order valence-electron chi connectivity index (χ3n) is 6.64. The van der Waals surface area contributed by atoms with Crippen LogP contribution in [0.1, 0.15) is 74.2 Å². The van der Waals surface area contributed by atoms with Crippen molar-refractivity contribution in [2.75, 3.05) is 13.2 Å². The quantitative estimate of drug-likeness (QED) is 0.508. The Balaban J connectivity index is 1.54. The summed E-state index contributed by atoms with van der Waals surface area (Å²) in [7, 11) is 0. The summed E-state index contributed by atoms with van der Waals surface area (Å²) in [6.45, 7) is 2.10. The van der Waals surface area contributed by atoms with Crippen molar-refractivity contribution in [1.82, 2.24) is 25.1 Å². The highest BCUT2D eigenvalue weighted by molar-refractivity contribution is 5.26. The summed E-state index contributed by atoms with van der Waals surface area (Å²) in [6.07, 6.45) is 9.74. The van der Waals surface area contributed by atoms with E-state index in [0.29, 0.717) is 12.6 Å². The molecule has 5 rings (SSSR count). The number of tetrazole rings is 1. The summed E-state index contributed by atoms with van der Waals surface area (Å²) < 4.78 is 27.5. The number of nitrogens with zero attached hydrogens (tertiary/aromatic N) is 5. The standard InChI is InChI=1S/C24H30FN5O2/c25-19-12-10-18(11-13-19)23(24-26-27-28-30(24)20-6-2-1-3-7-20)29(16-21-8-4-14-31-21)17-22-9-5-15-32-22/h4,8,10-14,20,22-23H,1-3,5-7,9,15-17H2. The van der Waals surface area contributed by atoms with Gasteiger partial charge in [0.25, 0.3) is 0 Å². The van der Waals surface area contributed by atoms with E-state index in [4.69, 9.17) is 9.15 Å². The Morgan fingerprint density at radius 1 is 1.06 bits per heavy atom. The third-order valence-corrected chi connectivity index (χ3v) is 6.64. The monoisotopic (exact) mass is 439 g/mol. The van der Waals surface area contributed by atoms with E-state index in [1.807, 2.05) is 28.9 Å². The summed E-state index contributed by atoms with van der Waals surface area (Å²) in [5.41, 5.74) is 0.961. The summed E-state index contributed by atoms with van der Waals surface area (Å²) in [5.74, 6) is 1.41. The van der Waals surface area contributed by atoms with Crippen LogP contribution in [0.15, 0.2) is 47.1 Å². The molecule has 32 heavy (non-hydrogen) atoms.